The lowest BCUT2D eigenvalue weighted by Crippen LogP contribution is -2.38. The van der Waals surface area contributed by atoms with Gasteiger partial charge < -0.3 is 5.32 Å². The minimum atomic E-state index is -3.64. The maximum atomic E-state index is 12.8. The number of carbonyl (C=O) groups excluding carboxylic acids is 1. The van der Waals surface area contributed by atoms with E-state index in [0.29, 0.717) is 24.6 Å². The van der Waals surface area contributed by atoms with Crippen LogP contribution in [0.2, 0.25) is 5.02 Å². The van der Waals surface area contributed by atoms with E-state index in [1.54, 1.807) is 6.07 Å². The SMILES string of the molecule is O=C(N[C@H]1C[C@@H]2CC[C@@H]1C2)c1ccc(Cl)c(S(=O)(=O)N2CCCC2)c1. The number of hydrogen-bond donors (Lipinski definition) is 1. The van der Waals surface area contributed by atoms with E-state index in [4.69, 9.17) is 11.6 Å². The fourth-order valence-electron chi connectivity index (χ4n) is 4.58. The molecule has 0 spiro atoms. The zero-order chi connectivity index (χ0) is 17.6. The Hall–Kier alpha value is -1.11. The van der Waals surface area contributed by atoms with Crippen LogP contribution >= 0.6 is 11.6 Å². The molecule has 5 nitrogen and oxygen atoms in total. The lowest BCUT2D eigenvalue weighted by Gasteiger charge is -2.23. The number of nitrogens with one attached hydrogen (secondary N) is 1. The van der Waals surface area contributed by atoms with Crippen molar-refractivity contribution < 1.29 is 13.2 Å². The van der Waals surface area contributed by atoms with Crippen molar-refractivity contribution in [3.63, 3.8) is 0 Å². The molecule has 2 bridgehead atoms. The molecule has 3 atom stereocenters. The predicted octanol–water partition coefficient (Wildman–Crippen LogP) is 3.04. The lowest BCUT2D eigenvalue weighted by atomic mass is 9.95. The van der Waals surface area contributed by atoms with E-state index < -0.39 is 10.0 Å². The van der Waals surface area contributed by atoms with Crippen molar-refractivity contribution in [1.82, 2.24) is 9.62 Å². The van der Waals surface area contributed by atoms with Crippen LogP contribution in [0.1, 0.15) is 48.9 Å². The number of sulfonamides is 1. The van der Waals surface area contributed by atoms with Gasteiger partial charge in [-0.2, -0.15) is 4.31 Å². The highest BCUT2D eigenvalue weighted by Gasteiger charge is 2.40. The van der Waals surface area contributed by atoms with Gasteiger partial charge in [0.1, 0.15) is 4.90 Å². The van der Waals surface area contributed by atoms with Gasteiger partial charge in [-0.1, -0.05) is 18.0 Å². The van der Waals surface area contributed by atoms with Crippen LogP contribution in [0.3, 0.4) is 0 Å². The summed E-state index contributed by atoms with van der Waals surface area (Å²) in [7, 11) is -3.64. The maximum absolute atomic E-state index is 12.8. The number of nitrogens with zero attached hydrogens (tertiary/aromatic N) is 1. The Labute approximate surface area is 153 Å². The van der Waals surface area contributed by atoms with Gasteiger partial charge in [0, 0.05) is 24.7 Å². The van der Waals surface area contributed by atoms with Crippen LogP contribution in [0.25, 0.3) is 0 Å². The number of amides is 1. The third-order valence-corrected chi connectivity index (χ3v) is 8.31. The molecule has 7 heteroatoms. The molecule has 0 unspecified atom stereocenters. The Morgan fingerprint density at radius 1 is 1.16 bits per heavy atom. The van der Waals surface area contributed by atoms with E-state index in [1.807, 2.05) is 0 Å². The zero-order valence-electron chi connectivity index (χ0n) is 14.1. The van der Waals surface area contributed by atoms with Crippen molar-refractivity contribution >= 4 is 27.5 Å². The summed E-state index contributed by atoms with van der Waals surface area (Å²) >= 11 is 6.15. The Bertz CT molecular complexity index is 790. The summed E-state index contributed by atoms with van der Waals surface area (Å²) in [5.41, 5.74) is 0.366. The number of carbonyl (C=O) groups is 1. The van der Waals surface area contributed by atoms with Crippen molar-refractivity contribution in [2.24, 2.45) is 11.8 Å². The predicted molar refractivity (Wildman–Crippen MR) is 96.1 cm³/mol. The molecule has 1 N–H and O–H groups in total. The first kappa shape index (κ1) is 17.3. The molecule has 1 aliphatic heterocycles. The maximum Gasteiger partial charge on any atom is 0.251 e. The highest BCUT2D eigenvalue weighted by atomic mass is 35.5. The lowest BCUT2D eigenvalue weighted by molar-refractivity contribution is 0.0922. The Morgan fingerprint density at radius 3 is 2.56 bits per heavy atom. The molecule has 1 heterocycles. The summed E-state index contributed by atoms with van der Waals surface area (Å²) in [5.74, 6) is 1.12. The van der Waals surface area contributed by atoms with Crippen molar-refractivity contribution in [2.75, 3.05) is 13.1 Å². The van der Waals surface area contributed by atoms with E-state index in [9.17, 15) is 13.2 Å². The van der Waals surface area contributed by atoms with Gasteiger partial charge in [-0.25, -0.2) is 8.42 Å². The van der Waals surface area contributed by atoms with Crippen molar-refractivity contribution in [3.8, 4) is 0 Å². The zero-order valence-corrected chi connectivity index (χ0v) is 15.7. The number of halogens is 1. The van der Waals surface area contributed by atoms with E-state index in [1.165, 1.54) is 35.7 Å². The summed E-state index contributed by atoms with van der Waals surface area (Å²) in [6.07, 6.45) is 6.44. The summed E-state index contributed by atoms with van der Waals surface area (Å²) in [6, 6.07) is 4.77. The molecule has 1 aromatic rings. The second-order valence-electron chi connectivity index (χ2n) is 7.51. The number of benzene rings is 1. The summed E-state index contributed by atoms with van der Waals surface area (Å²) in [4.78, 5) is 12.7. The van der Waals surface area contributed by atoms with Gasteiger partial charge in [0.2, 0.25) is 10.0 Å². The first-order chi connectivity index (χ1) is 11.9. The monoisotopic (exact) mass is 382 g/mol. The summed E-state index contributed by atoms with van der Waals surface area (Å²) in [5, 5.41) is 3.27. The van der Waals surface area contributed by atoms with Crippen molar-refractivity contribution in [2.45, 2.75) is 49.5 Å². The summed E-state index contributed by atoms with van der Waals surface area (Å²) in [6.45, 7) is 1.03. The van der Waals surface area contributed by atoms with Crippen LogP contribution in [0, 0.1) is 11.8 Å². The Morgan fingerprint density at radius 2 is 1.92 bits per heavy atom. The highest BCUT2D eigenvalue weighted by Crippen LogP contribution is 2.44. The number of rotatable bonds is 4. The smallest absolute Gasteiger partial charge is 0.251 e. The molecule has 25 heavy (non-hydrogen) atoms. The molecule has 2 aliphatic carbocycles. The standard InChI is InChI=1S/C18H23ClN2O3S/c19-15-6-5-14(11-17(15)25(23,24)21-7-1-2-8-21)18(22)20-16-10-12-3-4-13(16)9-12/h5-6,11-13,16H,1-4,7-10H2,(H,20,22)/t12-,13-,16+/m1/s1. The molecule has 1 saturated heterocycles. The van der Waals surface area contributed by atoms with Crippen LogP contribution < -0.4 is 5.32 Å². The minimum absolute atomic E-state index is 0.0386. The molecular weight excluding hydrogens is 360 g/mol. The second-order valence-corrected chi connectivity index (χ2v) is 9.82. The molecular formula is C18H23ClN2O3S. The first-order valence-electron chi connectivity index (χ1n) is 9.06. The topological polar surface area (TPSA) is 66.5 Å². The largest absolute Gasteiger partial charge is 0.349 e. The van der Waals surface area contributed by atoms with Gasteiger partial charge in [0.15, 0.2) is 0 Å². The third-order valence-electron chi connectivity index (χ3n) is 5.93. The van der Waals surface area contributed by atoms with E-state index >= 15 is 0 Å². The van der Waals surface area contributed by atoms with Gasteiger partial charge in [0.25, 0.3) is 5.91 Å². The van der Waals surface area contributed by atoms with E-state index in [0.717, 1.165) is 25.2 Å². The van der Waals surface area contributed by atoms with Gasteiger partial charge in [-0.15, -0.1) is 0 Å². The quantitative estimate of drug-likeness (QED) is 0.870. The van der Waals surface area contributed by atoms with Gasteiger partial charge >= 0.3 is 0 Å². The molecule has 4 rings (SSSR count). The average molecular weight is 383 g/mol. The Kier molecular flexibility index (Phi) is 4.54. The molecule has 1 amide bonds. The van der Waals surface area contributed by atoms with Crippen LogP contribution in [0.15, 0.2) is 23.1 Å². The van der Waals surface area contributed by atoms with Crippen LogP contribution in [-0.4, -0.2) is 37.8 Å². The fraction of sp³-hybridized carbons (Fsp3) is 0.611. The van der Waals surface area contributed by atoms with E-state index in [2.05, 4.69) is 5.32 Å². The molecule has 1 aromatic carbocycles. The molecule has 3 aliphatic rings. The van der Waals surface area contributed by atoms with Crippen LogP contribution in [0.4, 0.5) is 0 Å². The molecule has 0 aromatic heterocycles. The van der Waals surface area contributed by atoms with Crippen molar-refractivity contribution in [3.05, 3.63) is 28.8 Å². The molecule has 2 saturated carbocycles. The third kappa shape index (κ3) is 3.20. The summed E-state index contributed by atoms with van der Waals surface area (Å²) < 4.78 is 27.0. The first-order valence-corrected chi connectivity index (χ1v) is 10.9. The molecule has 136 valence electrons. The van der Waals surface area contributed by atoms with E-state index in [-0.39, 0.29) is 21.9 Å². The highest BCUT2D eigenvalue weighted by molar-refractivity contribution is 7.89. The molecule has 3 fully saturated rings. The van der Waals surface area contributed by atoms with Crippen molar-refractivity contribution in [1.29, 1.82) is 0 Å². The average Bonchev–Trinajstić information content (AvgIpc) is 3.33. The van der Waals surface area contributed by atoms with Gasteiger partial charge in [-0.3, -0.25) is 4.79 Å². The molecule has 0 radical (unpaired) electrons. The second kappa shape index (κ2) is 6.56. The fourth-order valence-corrected chi connectivity index (χ4v) is 6.60. The Balaban J connectivity index is 1.55. The van der Waals surface area contributed by atoms with Crippen LogP contribution in [-0.2, 0) is 10.0 Å². The van der Waals surface area contributed by atoms with Gasteiger partial charge in [-0.05, 0) is 62.1 Å². The number of fused-ring (bicyclic) bond motifs is 2. The van der Waals surface area contributed by atoms with Gasteiger partial charge in [0.05, 0.1) is 5.02 Å². The van der Waals surface area contributed by atoms with Crippen LogP contribution in [0.5, 0.6) is 0 Å². The normalized spacial score (nSPS) is 29.2. The number of hydrogen-bond acceptors (Lipinski definition) is 3. The minimum Gasteiger partial charge on any atom is -0.349 e.